The molecule has 1 aromatic carbocycles. The summed E-state index contributed by atoms with van der Waals surface area (Å²) >= 11 is 3.44. The van der Waals surface area contributed by atoms with E-state index in [4.69, 9.17) is 0 Å². The maximum Gasteiger partial charge on any atom is 0.135 e. The van der Waals surface area contributed by atoms with Crippen LogP contribution in [0.3, 0.4) is 0 Å². The van der Waals surface area contributed by atoms with Crippen molar-refractivity contribution in [1.29, 1.82) is 0 Å². The molecule has 0 bridgehead atoms. The molecule has 3 nitrogen and oxygen atoms in total. The molecule has 21 heavy (non-hydrogen) atoms. The van der Waals surface area contributed by atoms with Crippen molar-refractivity contribution in [3.05, 3.63) is 46.3 Å². The number of aromatic nitrogens is 2. The molecule has 0 aliphatic rings. The lowest BCUT2D eigenvalue weighted by Crippen LogP contribution is -2.10. The Labute approximate surface area is 135 Å². The fraction of sp³-hybridized carbons (Fsp3) is 0.412. The second-order valence-electron chi connectivity index (χ2n) is 6.54. The van der Waals surface area contributed by atoms with E-state index < -0.39 is 0 Å². The highest BCUT2D eigenvalue weighted by molar-refractivity contribution is 9.10. The molecule has 0 aliphatic heterocycles. The first-order chi connectivity index (χ1) is 9.75. The van der Waals surface area contributed by atoms with Crippen molar-refractivity contribution in [3.8, 4) is 0 Å². The van der Waals surface area contributed by atoms with Crippen molar-refractivity contribution in [1.82, 2.24) is 9.97 Å². The summed E-state index contributed by atoms with van der Waals surface area (Å²) in [6, 6.07) is 10.4. The van der Waals surface area contributed by atoms with Crippen molar-refractivity contribution in [2.24, 2.45) is 0 Å². The fourth-order valence-electron chi connectivity index (χ4n) is 1.96. The van der Waals surface area contributed by atoms with Crippen molar-refractivity contribution in [2.75, 3.05) is 5.32 Å². The van der Waals surface area contributed by atoms with Crippen LogP contribution in [0.2, 0.25) is 0 Å². The summed E-state index contributed by atoms with van der Waals surface area (Å²) in [5, 5.41) is 3.34. The molecule has 0 fully saturated rings. The van der Waals surface area contributed by atoms with Gasteiger partial charge in [0.25, 0.3) is 0 Å². The molecule has 1 heterocycles. The standard InChI is InChI=1S/C17H22BrN3/c1-11(2)16-20-14(18)10-15(21-16)19-13-8-6-12(7-9-13)17(3,4)5/h6-11H,1-5H3,(H,19,20,21). The summed E-state index contributed by atoms with van der Waals surface area (Å²) in [7, 11) is 0. The summed E-state index contributed by atoms with van der Waals surface area (Å²) in [5.41, 5.74) is 2.52. The molecule has 112 valence electrons. The molecular formula is C17H22BrN3. The molecular weight excluding hydrogens is 326 g/mol. The maximum absolute atomic E-state index is 4.55. The summed E-state index contributed by atoms with van der Waals surface area (Å²) in [5.74, 6) is 1.94. The van der Waals surface area contributed by atoms with E-state index in [1.165, 1.54) is 5.56 Å². The van der Waals surface area contributed by atoms with Gasteiger partial charge in [-0.2, -0.15) is 0 Å². The molecule has 0 unspecified atom stereocenters. The first kappa shape index (κ1) is 16.0. The predicted molar refractivity (Wildman–Crippen MR) is 92.2 cm³/mol. The van der Waals surface area contributed by atoms with Crippen LogP contribution in [0.1, 0.15) is 51.9 Å². The van der Waals surface area contributed by atoms with Crippen LogP contribution < -0.4 is 5.32 Å². The highest BCUT2D eigenvalue weighted by atomic mass is 79.9. The Morgan fingerprint density at radius 2 is 1.67 bits per heavy atom. The molecule has 4 heteroatoms. The largest absolute Gasteiger partial charge is 0.340 e. The number of anilines is 2. The van der Waals surface area contributed by atoms with Crippen LogP contribution in [0, 0.1) is 0 Å². The molecule has 0 saturated heterocycles. The monoisotopic (exact) mass is 347 g/mol. The molecule has 0 amide bonds. The first-order valence-corrected chi connectivity index (χ1v) is 7.97. The van der Waals surface area contributed by atoms with Gasteiger partial charge in [0.2, 0.25) is 0 Å². The van der Waals surface area contributed by atoms with Crippen LogP contribution in [-0.2, 0) is 5.41 Å². The minimum atomic E-state index is 0.168. The predicted octanol–water partition coefficient (Wildman–Crippen LogP) is 5.40. The molecule has 0 aliphatic carbocycles. The number of nitrogens with one attached hydrogen (secondary N) is 1. The van der Waals surface area contributed by atoms with Crippen LogP contribution in [0.15, 0.2) is 34.9 Å². The minimum absolute atomic E-state index is 0.168. The molecule has 0 spiro atoms. The SMILES string of the molecule is CC(C)c1nc(Br)cc(Nc2ccc(C(C)(C)C)cc2)n1. The zero-order valence-corrected chi connectivity index (χ0v) is 14.8. The molecule has 2 rings (SSSR count). The van der Waals surface area contributed by atoms with Gasteiger partial charge in [-0.25, -0.2) is 9.97 Å². The van der Waals surface area contributed by atoms with Gasteiger partial charge in [0.05, 0.1) is 0 Å². The first-order valence-electron chi connectivity index (χ1n) is 7.18. The normalized spacial score (nSPS) is 11.8. The van der Waals surface area contributed by atoms with E-state index >= 15 is 0 Å². The Morgan fingerprint density at radius 3 is 2.19 bits per heavy atom. The Hall–Kier alpha value is -1.42. The van der Waals surface area contributed by atoms with Gasteiger partial charge in [0.1, 0.15) is 16.2 Å². The highest BCUT2D eigenvalue weighted by Gasteiger charge is 2.13. The topological polar surface area (TPSA) is 37.8 Å². The third-order valence-electron chi connectivity index (χ3n) is 3.25. The smallest absolute Gasteiger partial charge is 0.135 e. The van der Waals surface area contributed by atoms with Crippen molar-refractivity contribution in [3.63, 3.8) is 0 Å². The van der Waals surface area contributed by atoms with E-state index in [9.17, 15) is 0 Å². The zero-order chi connectivity index (χ0) is 15.6. The fourth-order valence-corrected chi connectivity index (χ4v) is 2.36. The van der Waals surface area contributed by atoms with Crippen LogP contribution in [0.5, 0.6) is 0 Å². The lowest BCUT2D eigenvalue weighted by molar-refractivity contribution is 0.590. The molecule has 0 saturated carbocycles. The Morgan fingerprint density at radius 1 is 1.05 bits per heavy atom. The van der Waals surface area contributed by atoms with Crippen molar-refractivity contribution in [2.45, 2.75) is 46.0 Å². The summed E-state index contributed by atoms with van der Waals surface area (Å²) in [6.07, 6.45) is 0. The molecule has 0 radical (unpaired) electrons. The third-order valence-corrected chi connectivity index (χ3v) is 3.66. The van der Waals surface area contributed by atoms with Gasteiger partial charge in [-0.1, -0.05) is 46.8 Å². The highest BCUT2D eigenvalue weighted by Crippen LogP contribution is 2.25. The molecule has 1 aromatic heterocycles. The van der Waals surface area contributed by atoms with Gasteiger partial charge in [0, 0.05) is 17.7 Å². The number of halogens is 1. The quantitative estimate of drug-likeness (QED) is 0.755. The van der Waals surface area contributed by atoms with Crippen LogP contribution in [0.4, 0.5) is 11.5 Å². The van der Waals surface area contributed by atoms with E-state index in [2.05, 4.69) is 90.1 Å². The van der Waals surface area contributed by atoms with Gasteiger partial charge in [-0.05, 0) is 39.0 Å². The van der Waals surface area contributed by atoms with E-state index in [0.717, 1.165) is 21.9 Å². The van der Waals surface area contributed by atoms with Gasteiger partial charge in [0.15, 0.2) is 0 Å². The third kappa shape index (κ3) is 4.27. The zero-order valence-electron chi connectivity index (χ0n) is 13.2. The van der Waals surface area contributed by atoms with E-state index in [1.54, 1.807) is 0 Å². The number of nitrogens with zero attached hydrogens (tertiary/aromatic N) is 2. The Kier molecular flexibility index (Phi) is 4.67. The number of benzene rings is 1. The van der Waals surface area contributed by atoms with Gasteiger partial charge in [-0.3, -0.25) is 0 Å². The maximum atomic E-state index is 4.55. The summed E-state index contributed by atoms with van der Waals surface area (Å²) in [6.45, 7) is 10.8. The summed E-state index contributed by atoms with van der Waals surface area (Å²) in [4.78, 5) is 8.93. The van der Waals surface area contributed by atoms with E-state index in [0.29, 0.717) is 5.92 Å². The van der Waals surface area contributed by atoms with Crippen LogP contribution in [0.25, 0.3) is 0 Å². The second kappa shape index (κ2) is 6.14. The minimum Gasteiger partial charge on any atom is -0.340 e. The lowest BCUT2D eigenvalue weighted by Gasteiger charge is -2.19. The number of hydrogen-bond donors (Lipinski definition) is 1. The van der Waals surface area contributed by atoms with Gasteiger partial charge in [-0.15, -0.1) is 0 Å². The lowest BCUT2D eigenvalue weighted by atomic mass is 9.87. The Balaban J connectivity index is 2.22. The van der Waals surface area contributed by atoms with E-state index in [1.807, 2.05) is 6.07 Å². The van der Waals surface area contributed by atoms with E-state index in [-0.39, 0.29) is 5.41 Å². The van der Waals surface area contributed by atoms with Gasteiger partial charge < -0.3 is 5.32 Å². The van der Waals surface area contributed by atoms with Crippen LogP contribution >= 0.6 is 15.9 Å². The molecule has 2 aromatic rings. The molecule has 0 atom stereocenters. The average molecular weight is 348 g/mol. The van der Waals surface area contributed by atoms with Crippen molar-refractivity contribution < 1.29 is 0 Å². The summed E-state index contributed by atoms with van der Waals surface area (Å²) < 4.78 is 0.801. The number of hydrogen-bond acceptors (Lipinski definition) is 3. The van der Waals surface area contributed by atoms with Crippen molar-refractivity contribution >= 4 is 27.4 Å². The number of rotatable bonds is 3. The second-order valence-corrected chi connectivity index (χ2v) is 7.35. The van der Waals surface area contributed by atoms with Crippen LogP contribution in [-0.4, -0.2) is 9.97 Å². The Bertz CT molecular complexity index is 613. The molecule has 1 N–H and O–H groups in total. The average Bonchev–Trinajstić information content (AvgIpc) is 2.37. The van der Waals surface area contributed by atoms with Gasteiger partial charge >= 0.3 is 0 Å².